The maximum Gasteiger partial charge on any atom is 0.340 e. The van der Waals surface area contributed by atoms with Gasteiger partial charge in [-0.25, -0.2) is 0 Å². The predicted octanol–water partition coefficient (Wildman–Crippen LogP) is 3.28. The van der Waals surface area contributed by atoms with Crippen molar-refractivity contribution in [3.05, 3.63) is 53.9 Å². The van der Waals surface area contributed by atoms with Gasteiger partial charge in [-0.05, 0) is 42.2 Å². The molecule has 5 heteroatoms. The number of benzene rings is 1. The Morgan fingerprint density at radius 2 is 1.95 bits per heavy atom. The number of pyridine rings is 1. The lowest BCUT2D eigenvalue weighted by atomic mass is 10.0. The molecule has 1 aromatic carbocycles. The molecule has 0 amide bonds. The fourth-order valence-electron chi connectivity index (χ4n) is 1.73. The van der Waals surface area contributed by atoms with Gasteiger partial charge in [0.1, 0.15) is 10.6 Å². The van der Waals surface area contributed by atoms with E-state index in [0.717, 1.165) is 11.1 Å². The normalized spacial score (nSPS) is 11.6. The van der Waals surface area contributed by atoms with Crippen molar-refractivity contribution in [2.24, 2.45) is 0 Å². The Morgan fingerprint density at radius 1 is 1.20 bits per heavy atom. The van der Waals surface area contributed by atoms with E-state index in [1.54, 1.807) is 12.1 Å². The fourth-order valence-corrected chi connectivity index (χ4v) is 2.67. The Balaban J connectivity index is 2.37. The van der Waals surface area contributed by atoms with Gasteiger partial charge < -0.3 is 4.18 Å². The van der Waals surface area contributed by atoms with Crippen molar-refractivity contribution in [2.75, 3.05) is 0 Å². The van der Waals surface area contributed by atoms with E-state index < -0.39 is 10.1 Å². The van der Waals surface area contributed by atoms with Crippen LogP contribution in [0.1, 0.15) is 30.9 Å². The third-order valence-electron chi connectivity index (χ3n) is 3.00. The highest BCUT2D eigenvalue weighted by Crippen LogP contribution is 2.26. The van der Waals surface area contributed by atoms with Gasteiger partial charge in [0, 0.05) is 12.4 Å². The van der Waals surface area contributed by atoms with Crippen molar-refractivity contribution < 1.29 is 12.6 Å². The van der Waals surface area contributed by atoms with E-state index in [1.165, 1.54) is 18.5 Å². The summed E-state index contributed by atoms with van der Waals surface area (Å²) in [5.74, 6) is 0.666. The van der Waals surface area contributed by atoms with Crippen LogP contribution in [-0.2, 0) is 10.1 Å². The average Bonchev–Trinajstić information content (AvgIpc) is 2.42. The second-order valence-electron chi connectivity index (χ2n) is 4.91. The summed E-state index contributed by atoms with van der Waals surface area (Å²) in [6, 6.07) is 8.64. The first-order chi connectivity index (χ1) is 9.40. The largest absolute Gasteiger partial charge is 0.379 e. The molecule has 2 aromatic rings. The van der Waals surface area contributed by atoms with Gasteiger partial charge in [-0.2, -0.15) is 8.42 Å². The third kappa shape index (κ3) is 3.17. The molecule has 0 aliphatic carbocycles. The lowest BCUT2D eigenvalue weighted by Gasteiger charge is -2.12. The van der Waals surface area contributed by atoms with E-state index in [1.807, 2.05) is 32.9 Å². The number of nitrogens with zero attached hydrogens (tertiary/aromatic N) is 1. The summed E-state index contributed by atoms with van der Waals surface area (Å²) in [6.45, 7) is 5.91. The van der Waals surface area contributed by atoms with Crippen LogP contribution in [0, 0.1) is 6.92 Å². The zero-order valence-electron chi connectivity index (χ0n) is 11.7. The third-order valence-corrected chi connectivity index (χ3v) is 4.22. The molecule has 0 saturated carbocycles. The summed E-state index contributed by atoms with van der Waals surface area (Å²) in [5.41, 5.74) is 1.81. The van der Waals surface area contributed by atoms with Crippen LogP contribution in [0.15, 0.2) is 47.6 Å². The van der Waals surface area contributed by atoms with Crippen LogP contribution in [0.5, 0.6) is 5.75 Å². The molecular weight excluding hydrogens is 274 g/mol. The van der Waals surface area contributed by atoms with Gasteiger partial charge in [-0.15, -0.1) is 0 Å². The molecule has 1 aromatic heterocycles. The number of hydrogen-bond acceptors (Lipinski definition) is 4. The Bertz CT molecular complexity index is 694. The first kappa shape index (κ1) is 14.5. The highest BCUT2D eigenvalue weighted by molar-refractivity contribution is 7.87. The van der Waals surface area contributed by atoms with Gasteiger partial charge in [0.2, 0.25) is 0 Å². The van der Waals surface area contributed by atoms with Gasteiger partial charge >= 0.3 is 10.1 Å². The van der Waals surface area contributed by atoms with E-state index in [9.17, 15) is 8.42 Å². The molecule has 106 valence electrons. The second-order valence-corrected chi connectivity index (χ2v) is 6.45. The maximum atomic E-state index is 12.2. The van der Waals surface area contributed by atoms with Crippen molar-refractivity contribution in [3.8, 4) is 5.75 Å². The number of aromatic nitrogens is 1. The van der Waals surface area contributed by atoms with Crippen molar-refractivity contribution in [2.45, 2.75) is 31.6 Å². The molecular formula is C15H17NO3S. The first-order valence-electron chi connectivity index (χ1n) is 6.35. The summed E-state index contributed by atoms with van der Waals surface area (Å²) < 4.78 is 29.6. The Labute approximate surface area is 119 Å². The number of hydrogen-bond donors (Lipinski definition) is 0. The average molecular weight is 291 g/mol. The van der Waals surface area contributed by atoms with Crippen molar-refractivity contribution in [1.29, 1.82) is 0 Å². The molecule has 0 unspecified atom stereocenters. The SMILES string of the molecule is Cc1ccc(C(C)C)cc1OS(=O)(=O)c1cccnc1. The molecule has 0 bridgehead atoms. The molecule has 0 N–H and O–H groups in total. The summed E-state index contributed by atoms with van der Waals surface area (Å²) in [4.78, 5) is 3.85. The van der Waals surface area contributed by atoms with Crippen LogP contribution in [0.4, 0.5) is 0 Å². The number of aryl methyl sites for hydroxylation is 1. The molecule has 4 nitrogen and oxygen atoms in total. The molecule has 0 atom stereocenters. The minimum Gasteiger partial charge on any atom is -0.379 e. The standard InChI is InChI=1S/C15H17NO3S/c1-11(2)13-7-6-12(3)15(9-13)19-20(17,18)14-5-4-8-16-10-14/h4-11H,1-3H3. The van der Waals surface area contributed by atoms with Crippen LogP contribution in [-0.4, -0.2) is 13.4 Å². The second kappa shape index (κ2) is 5.63. The molecule has 0 saturated heterocycles. The van der Waals surface area contributed by atoms with Crippen molar-refractivity contribution in [1.82, 2.24) is 4.98 Å². The smallest absolute Gasteiger partial charge is 0.340 e. The molecule has 0 aliphatic heterocycles. The molecule has 2 rings (SSSR count). The summed E-state index contributed by atoms with van der Waals surface area (Å²) >= 11 is 0. The maximum absolute atomic E-state index is 12.2. The molecule has 0 fully saturated rings. The quantitative estimate of drug-likeness (QED) is 0.811. The van der Waals surface area contributed by atoms with E-state index in [2.05, 4.69) is 4.98 Å². The van der Waals surface area contributed by atoms with Crippen LogP contribution in [0.2, 0.25) is 0 Å². The van der Waals surface area contributed by atoms with E-state index >= 15 is 0 Å². The Hall–Kier alpha value is -1.88. The molecule has 0 spiro atoms. The lowest BCUT2D eigenvalue weighted by Crippen LogP contribution is -2.11. The first-order valence-corrected chi connectivity index (χ1v) is 7.76. The van der Waals surface area contributed by atoms with Crippen LogP contribution >= 0.6 is 0 Å². The van der Waals surface area contributed by atoms with Gasteiger partial charge in [-0.3, -0.25) is 4.98 Å². The highest BCUT2D eigenvalue weighted by atomic mass is 32.2. The molecule has 0 aliphatic rings. The van der Waals surface area contributed by atoms with E-state index in [4.69, 9.17) is 4.18 Å². The summed E-state index contributed by atoms with van der Waals surface area (Å²) in [7, 11) is -3.84. The molecule has 1 heterocycles. The molecule has 0 radical (unpaired) electrons. The Morgan fingerprint density at radius 3 is 2.55 bits per heavy atom. The summed E-state index contributed by atoms with van der Waals surface area (Å²) in [6.07, 6.45) is 2.79. The lowest BCUT2D eigenvalue weighted by molar-refractivity contribution is 0.483. The zero-order chi connectivity index (χ0) is 14.8. The van der Waals surface area contributed by atoms with Gasteiger partial charge in [-0.1, -0.05) is 26.0 Å². The fraction of sp³-hybridized carbons (Fsp3) is 0.267. The van der Waals surface area contributed by atoms with Crippen LogP contribution in [0.3, 0.4) is 0 Å². The van der Waals surface area contributed by atoms with E-state index in [0.29, 0.717) is 11.7 Å². The van der Waals surface area contributed by atoms with Crippen molar-refractivity contribution in [3.63, 3.8) is 0 Å². The monoisotopic (exact) mass is 291 g/mol. The topological polar surface area (TPSA) is 56.3 Å². The minimum absolute atomic E-state index is 0.0503. The van der Waals surface area contributed by atoms with Crippen molar-refractivity contribution >= 4 is 10.1 Å². The zero-order valence-corrected chi connectivity index (χ0v) is 12.5. The Kier molecular flexibility index (Phi) is 4.09. The van der Waals surface area contributed by atoms with Gasteiger partial charge in [0.25, 0.3) is 0 Å². The minimum atomic E-state index is -3.84. The van der Waals surface area contributed by atoms with E-state index in [-0.39, 0.29) is 4.90 Å². The highest BCUT2D eigenvalue weighted by Gasteiger charge is 2.18. The van der Waals surface area contributed by atoms with Crippen LogP contribution < -0.4 is 4.18 Å². The van der Waals surface area contributed by atoms with Gasteiger partial charge in [0.05, 0.1) is 0 Å². The molecule has 20 heavy (non-hydrogen) atoms. The summed E-state index contributed by atoms with van der Waals surface area (Å²) in [5, 5.41) is 0. The number of rotatable bonds is 4. The predicted molar refractivity (Wildman–Crippen MR) is 77.3 cm³/mol. The van der Waals surface area contributed by atoms with Crippen LogP contribution in [0.25, 0.3) is 0 Å². The van der Waals surface area contributed by atoms with Gasteiger partial charge in [0.15, 0.2) is 0 Å².